The van der Waals surface area contributed by atoms with E-state index in [9.17, 15) is 0 Å². The van der Waals surface area contributed by atoms with Crippen LogP contribution in [0.5, 0.6) is 0 Å². The second-order valence-corrected chi connectivity index (χ2v) is 6.75. The molecular formula is C4H10S3. The maximum atomic E-state index is 5.03. The molecule has 0 aromatic carbocycles. The number of rotatable bonds is 3. The molecule has 0 fully saturated rings. The fourth-order valence-corrected chi connectivity index (χ4v) is 2.80. The van der Waals surface area contributed by atoms with E-state index in [0.717, 1.165) is 5.75 Å². The van der Waals surface area contributed by atoms with Gasteiger partial charge in [-0.2, -0.15) is 0 Å². The standard InChI is InChI=1S/C4H10S3/c1-3-6-7(5)4-2/h3-4H2,1-2H3. The van der Waals surface area contributed by atoms with Crippen molar-refractivity contribution in [1.82, 2.24) is 0 Å². The monoisotopic (exact) mass is 154 g/mol. The molecule has 0 aliphatic rings. The first kappa shape index (κ1) is 7.92. The molecule has 0 saturated carbocycles. The molecule has 0 rings (SSSR count). The normalized spacial score (nSPS) is 14.0. The lowest BCUT2D eigenvalue weighted by Crippen LogP contribution is -1.82. The Labute approximate surface area is 56.1 Å². The largest absolute Gasteiger partial charge is 0.0902 e. The zero-order chi connectivity index (χ0) is 5.70. The van der Waals surface area contributed by atoms with Gasteiger partial charge in [0.1, 0.15) is 0 Å². The van der Waals surface area contributed by atoms with Gasteiger partial charge in [-0.1, -0.05) is 33.1 Å². The first-order chi connectivity index (χ1) is 3.31. The van der Waals surface area contributed by atoms with Gasteiger partial charge in [-0.25, -0.2) is 0 Å². The van der Waals surface area contributed by atoms with Crippen LogP contribution in [0.3, 0.4) is 0 Å². The predicted molar refractivity (Wildman–Crippen MR) is 43.4 cm³/mol. The molecule has 0 aromatic rings. The highest BCUT2D eigenvalue weighted by molar-refractivity contribution is 8.82. The summed E-state index contributed by atoms with van der Waals surface area (Å²) in [6, 6.07) is 0. The summed E-state index contributed by atoms with van der Waals surface area (Å²) in [6.45, 7) is 4.28. The Morgan fingerprint density at radius 2 is 2.14 bits per heavy atom. The fraction of sp³-hybridized carbons (Fsp3) is 1.00. The lowest BCUT2D eigenvalue weighted by molar-refractivity contribution is 1.53. The van der Waals surface area contributed by atoms with E-state index in [1.807, 2.05) is 10.8 Å². The number of hydrogen-bond donors (Lipinski definition) is 0. The Bertz CT molecular complexity index is 60.0. The minimum absolute atomic E-state index is 0.223. The Balaban J connectivity index is 3.00. The summed E-state index contributed by atoms with van der Waals surface area (Å²) in [5.41, 5.74) is 0. The third-order valence-corrected chi connectivity index (χ3v) is 5.23. The summed E-state index contributed by atoms with van der Waals surface area (Å²) in [7, 11) is 2.10. The average Bonchev–Trinajstić information content (AvgIpc) is 1.68. The van der Waals surface area contributed by atoms with Crippen molar-refractivity contribution in [3.63, 3.8) is 0 Å². The van der Waals surface area contributed by atoms with Gasteiger partial charge in [0, 0.05) is 11.5 Å². The van der Waals surface area contributed by atoms with Crippen LogP contribution in [-0.2, 0) is 19.7 Å². The van der Waals surface area contributed by atoms with Crippen LogP contribution in [0.2, 0.25) is 0 Å². The summed E-state index contributed by atoms with van der Waals surface area (Å²) < 4.78 is 0. The second kappa shape index (κ2) is 5.06. The smallest absolute Gasteiger partial charge is 0.00485 e. The molecule has 1 atom stereocenters. The van der Waals surface area contributed by atoms with Crippen LogP contribution < -0.4 is 0 Å². The summed E-state index contributed by atoms with van der Waals surface area (Å²) in [5, 5.41) is 0. The van der Waals surface area contributed by atoms with E-state index in [0.29, 0.717) is 0 Å². The van der Waals surface area contributed by atoms with Crippen molar-refractivity contribution in [3.05, 3.63) is 0 Å². The fourth-order valence-electron chi connectivity index (χ4n) is 0.215. The maximum absolute atomic E-state index is 5.03. The van der Waals surface area contributed by atoms with Crippen molar-refractivity contribution < 1.29 is 0 Å². The van der Waals surface area contributed by atoms with Gasteiger partial charge in [0.15, 0.2) is 0 Å². The first-order valence-electron chi connectivity index (χ1n) is 2.32. The third kappa shape index (κ3) is 4.78. The van der Waals surface area contributed by atoms with Crippen molar-refractivity contribution in [2.45, 2.75) is 13.8 Å². The molecule has 0 N–H and O–H groups in total. The number of hydrogen-bond acceptors (Lipinski definition) is 2. The summed E-state index contributed by atoms with van der Waals surface area (Å²) >= 11 is 5.03. The molecule has 3 heteroatoms. The molecule has 0 saturated heterocycles. The van der Waals surface area contributed by atoms with Crippen LogP contribution in [-0.4, -0.2) is 11.5 Å². The lowest BCUT2D eigenvalue weighted by atomic mass is 11.0. The molecule has 0 amide bonds. The quantitative estimate of drug-likeness (QED) is 0.568. The summed E-state index contributed by atoms with van der Waals surface area (Å²) in [5.74, 6) is 2.31. The van der Waals surface area contributed by atoms with Gasteiger partial charge in [0.25, 0.3) is 0 Å². The lowest BCUT2D eigenvalue weighted by Gasteiger charge is -1.93. The molecule has 0 bridgehead atoms. The van der Waals surface area contributed by atoms with E-state index in [1.165, 1.54) is 5.75 Å². The van der Waals surface area contributed by atoms with Crippen LogP contribution in [0.1, 0.15) is 13.8 Å². The zero-order valence-electron chi connectivity index (χ0n) is 4.64. The third-order valence-electron chi connectivity index (χ3n) is 0.485. The van der Waals surface area contributed by atoms with E-state index in [4.69, 9.17) is 11.2 Å². The van der Waals surface area contributed by atoms with Gasteiger partial charge in [-0.3, -0.25) is 0 Å². The van der Waals surface area contributed by atoms with Gasteiger partial charge in [-0.05, 0) is 11.2 Å². The van der Waals surface area contributed by atoms with Crippen molar-refractivity contribution in [2.75, 3.05) is 11.5 Å². The topological polar surface area (TPSA) is 0 Å². The summed E-state index contributed by atoms with van der Waals surface area (Å²) in [4.78, 5) is 0. The zero-order valence-corrected chi connectivity index (χ0v) is 7.09. The molecule has 0 spiro atoms. The van der Waals surface area contributed by atoms with E-state index in [-0.39, 0.29) is 8.49 Å². The molecule has 1 unspecified atom stereocenters. The van der Waals surface area contributed by atoms with Gasteiger partial charge < -0.3 is 0 Å². The molecule has 0 aliphatic carbocycles. The first-order valence-corrected chi connectivity index (χ1v) is 6.15. The van der Waals surface area contributed by atoms with Crippen LogP contribution in [0.4, 0.5) is 0 Å². The average molecular weight is 154 g/mol. The van der Waals surface area contributed by atoms with E-state index >= 15 is 0 Å². The van der Waals surface area contributed by atoms with Gasteiger partial charge in [-0.15, -0.1) is 0 Å². The van der Waals surface area contributed by atoms with Crippen LogP contribution >= 0.6 is 10.8 Å². The predicted octanol–water partition coefficient (Wildman–Crippen LogP) is 1.75. The van der Waals surface area contributed by atoms with Crippen molar-refractivity contribution in [1.29, 1.82) is 0 Å². The van der Waals surface area contributed by atoms with Crippen molar-refractivity contribution in [2.24, 2.45) is 0 Å². The van der Waals surface area contributed by atoms with Crippen molar-refractivity contribution >= 4 is 30.5 Å². The van der Waals surface area contributed by atoms with Crippen molar-refractivity contribution in [3.8, 4) is 0 Å². The minimum atomic E-state index is 0.223. The molecule has 7 heavy (non-hydrogen) atoms. The highest BCUT2D eigenvalue weighted by atomic mass is 33.3. The SMILES string of the molecule is CCSS(=S)CC. The van der Waals surface area contributed by atoms with E-state index < -0.39 is 0 Å². The Hall–Kier alpha value is 0.920. The Morgan fingerprint density at radius 1 is 1.57 bits per heavy atom. The Kier molecular flexibility index (Phi) is 5.73. The summed E-state index contributed by atoms with van der Waals surface area (Å²) in [6.07, 6.45) is 0. The molecule has 0 aliphatic heterocycles. The van der Waals surface area contributed by atoms with Gasteiger partial charge in [0.05, 0.1) is 0 Å². The minimum Gasteiger partial charge on any atom is -0.0902 e. The van der Waals surface area contributed by atoms with Crippen LogP contribution in [0.25, 0.3) is 0 Å². The maximum Gasteiger partial charge on any atom is 0.00485 e. The highest BCUT2D eigenvalue weighted by Crippen LogP contribution is 2.05. The van der Waals surface area contributed by atoms with E-state index in [2.05, 4.69) is 13.8 Å². The van der Waals surface area contributed by atoms with E-state index in [1.54, 1.807) is 0 Å². The molecule has 0 heterocycles. The molecule has 44 valence electrons. The van der Waals surface area contributed by atoms with Gasteiger partial charge in [0.2, 0.25) is 0 Å². The van der Waals surface area contributed by atoms with Crippen LogP contribution in [0.15, 0.2) is 0 Å². The molecular weight excluding hydrogens is 144 g/mol. The second-order valence-electron chi connectivity index (χ2n) is 0.999. The van der Waals surface area contributed by atoms with Crippen LogP contribution in [0, 0.1) is 0 Å². The van der Waals surface area contributed by atoms with Gasteiger partial charge >= 0.3 is 0 Å². The Morgan fingerprint density at radius 3 is 2.29 bits per heavy atom. The molecule has 0 aromatic heterocycles. The highest BCUT2D eigenvalue weighted by Gasteiger charge is 1.84. The molecule has 0 radical (unpaired) electrons. The molecule has 0 nitrogen and oxygen atoms in total.